The summed E-state index contributed by atoms with van der Waals surface area (Å²) in [7, 11) is 1.59. The molecule has 0 amide bonds. The molecule has 1 aromatic carbocycles. The van der Waals surface area contributed by atoms with Crippen LogP contribution in [0.1, 0.15) is 31.5 Å². The van der Waals surface area contributed by atoms with Gasteiger partial charge in [0.25, 0.3) is 0 Å². The minimum absolute atomic E-state index is 0.0562. The van der Waals surface area contributed by atoms with Gasteiger partial charge in [-0.3, -0.25) is 4.79 Å². The lowest BCUT2D eigenvalue weighted by molar-refractivity contribution is 0.0844. The minimum Gasteiger partial charge on any atom is -0.494 e. The summed E-state index contributed by atoms with van der Waals surface area (Å²) in [6.45, 7) is 3.71. The van der Waals surface area contributed by atoms with Crippen LogP contribution in [0.25, 0.3) is 10.9 Å². The lowest BCUT2D eigenvalue weighted by Crippen LogP contribution is -2.18. The van der Waals surface area contributed by atoms with Crippen LogP contribution in [0, 0.1) is 5.92 Å². The van der Waals surface area contributed by atoms with Gasteiger partial charge >= 0.3 is 0 Å². The van der Waals surface area contributed by atoms with Gasteiger partial charge in [-0.2, -0.15) is 9.78 Å². The van der Waals surface area contributed by atoms with Crippen LogP contribution in [0.5, 0.6) is 5.75 Å². The third kappa shape index (κ3) is 3.55. The fourth-order valence-corrected chi connectivity index (χ4v) is 2.82. The van der Waals surface area contributed by atoms with Gasteiger partial charge in [0.1, 0.15) is 23.7 Å². The van der Waals surface area contributed by atoms with E-state index in [-0.39, 0.29) is 11.8 Å². The Morgan fingerprint density at radius 2 is 2.00 bits per heavy atom. The predicted molar refractivity (Wildman–Crippen MR) is 104 cm³/mol. The van der Waals surface area contributed by atoms with Crippen molar-refractivity contribution in [1.82, 2.24) is 19.7 Å². The molecule has 140 valence electrons. The summed E-state index contributed by atoms with van der Waals surface area (Å²) in [6, 6.07) is 6.10. The molecule has 0 aliphatic heterocycles. The third-order valence-corrected chi connectivity index (χ3v) is 4.45. The number of nitrogens with one attached hydrogen (secondary N) is 2. The van der Waals surface area contributed by atoms with Crippen molar-refractivity contribution < 1.29 is 9.53 Å². The molecule has 0 atom stereocenters. The average Bonchev–Trinajstić information content (AvgIpc) is 3.37. The first-order valence-corrected chi connectivity index (χ1v) is 9.00. The molecule has 2 N–H and O–H groups in total. The Morgan fingerprint density at radius 3 is 2.70 bits per heavy atom. The number of rotatable bonds is 6. The number of fused-ring (bicyclic) bond motifs is 1. The van der Waals surface area contributed by atoms with E-state index in [2.05, 4.69) is 25.7 Å². The highest BCUT2D eigenvalue weighted by Crippen LogP contribution is 2.33. The average molecular weight is 366 g/mol. The van der Waals surface area contributed by atoms with E-state index in [4.69, 9.17) is 4.74 Å². The van der Waals surface area contributed by atoms with Crippen molar-refractivity contribution in [2.45, 2.75) is 32.7 Å². The summed E-state index contributed by atoms with van der Waals surface area (Å²) in [5.74, 6) is 1.87. The number of aromatic nitrogens is 4. The maximum Gasteiger partial charge on any atom is 0.249 e. The molecular formula is C19H22N6O2. The number of methoxy groups -OCH3 is 1. The Kier molecular flexibility index (Phi) is 4.39. The summed E-state index contributed by atoms with van der Waals surface area (Å²) in [6.07, 6.45) is 5.56. The number of nitrogens with zero attached hydrogens (tertiary/aromatic N) is 4. The topological polar surface area (TPSA) is 94.0 Å². The zero-order valence-electron chi connectivity index (χ0n) is 15.6. The highest BCUT2D eigenvalue weighted by molar-refractivity contribution is 5.94. The summed E-state index contributed by atoms with van der Waals surface area (Å²) in [5, 5.41) is 11.7. The van der Waals surface area contributed by atoms with E-state index in [9.17, 15) is 4.79 Å². The maximum atomic E-state index is 12.3. The molecule has 0 unspecified atom stereocenters. The van der Waals surface area contributed by atoms with Crippen LogP contribution >= 0.6 is 0 Å². The largest absolute Gasteiger partial charge is 0.494 e. The van der Waals surface area contributed by atoms with E-state index in [1.165, 1.54) is 23.9 Å². The van der Waals surface area contributed by atoms with Crippen LogP contribution in [0.3, 0.4) is 0 Å². The second-order valence-electron chi connectivity index (χ2n) is 6.99. The number of carbonyl (C=O) groups is 1. The molecule has 0 bridgehead atoms. The lowest BCUT2D eigenvalue weighted by Gasteiger charge is -2.13. The van der Waals surface area contributed by atoms with Gasteiger partial charge in [0.2, 0.25) is 5.91 Å². The van der Waals surface area contributed by atoms with E-state index >= 15 is 0 Å². The number of anilines is 3. The molecule has 8 nitrogen and oxygen atoms in total. The van der Waals surface area contributed by atoms with Crippen molar-refractivity contribution in [2.75, 3.05) is 17.7 Å². The molecule has 1 aliphatic carbocycles. The molecule has 4 rings (SSSR count). The quantitative estimate of drug-likeness (QED) is 0.690. The van der Waals surface area contributed by atoms with Crippen molar-refractivity contribution in [3.05, 3.63) is 30.7 Å². The van der Waals surface area contributed by atoms with Gasteiger partial charge in [-0.25, -0.2) is 9.97 Å². The van der Waals surface area contributed by atoms with Crippen LogP contribution in [-0.2, 0) is 0 Å². The number of hydrogen-bond acceptors (Lipinski definition) is 7. The molecule has 0 spiro atoms. The van der Waals surface area contributed by atoms with Crippen LogP contribution in [0.15, 0.2) is 30.7 Å². The van der Waals surface area contributed by atoms with E-state index in [0.29, 0.717) is 17.6 Å². The first-order chi connectivity index (χ1) is 13.0. The van der Waals surface area contributed by atoms with E-state index in [0.717, 1.165) is 22.4 Å². The summed E-state index contributed by atoms with van der Waals surface area (Å²) >= 11 is 0. The molecule has 3 aromatic rings. The van der Waals surface area contributed by atoms with Gasteiger partial charge in [0.05, 0.1) is 24.5 Å². The molecule has 2 heterocycles. The maximum absolute atomic E-state index is 12.3. The standard InChI is InChI=1S/C19H22N6O2/c1-11(2)19(26)25-15-7-16(27-3)14(6-12(15)9-22-25)24-18-8-17(20-10-21-18)23-13-4-5-13/h6-11,13H,4-5H2,1-3H3,(H2,20,21,23,24). The summed E-state index contributed by atoms with van der Waals surface area (Å²) in [4.78, 5) is 20.9. The van der Waals surface area contributed by atoms with Crippen molar-refractivity contribution in [2.24, 2.45) is 5.92 Å². The van der Waals surface area contributed by atoms with Gasteiger partial charge in [0.15, 0.2) is 0 Å². The van der Waals surface area contributed by atoms with Crippen LogP contribution in [-0.4, -0.2) is 38.8 Å². The Labute approximate surface area is 157 Å². The highest BCUT2D eigenvalue weighted by atomic mass is 16.5. The number of benzene rings is 1. The number of hydrogen-bond donors (Lipinski definition) is 2. The zero-order valence-corrected chi connectivity index (χ0v) is 15.6. The highest BCUT2D eigenvalue weighted by Gasteiger charge is 2.21. The van der Waals surface area contributed by atoms with Crippen molar-refractivity contribution in [3.8, 4) is 5.75 Å². The summed E-state index contributed by atoms with van der Waals surface area (Å²) in [5.41, 5.74) is 1.47. The molecule has 8 heteroatoms. The van der Waals surface area contributed by atoms with Gasteiger partial charge in [-0.15, -0.1) is 0 Å². The van der Waals surface area contributed by atoms with Crippen molar-refractivity contribution >= 4 is 34.1 Å². The fraction of sp³-hybridized carbons (Fsp3) is 0.368. The number of carbonyl (C=O) groups excluding carboxylic acids is 1. The molecule has 27 heavy (non-hydrogen) atoms. The Bertz CT molecular complexity index is 993. The predicted octanol–water partition coefficient (Wildman–Crippen LogP) is 3.45. The zero-order chi connectivity index (χ0) is 19.0. The minimum atomic E-state index is -0.143. The molecule has 1 saturated carbocycles. The van der Waals surface area contributed by atoms with E-state index in [1.807, 2.05) is 32.0 Å². The Hall–Kier alpha value is -3.16. The van der Waals surface area contributed by atoms with Gasteiger partial charge in [-0.1, -0.05) is 13.8 Å². The van der Waals surface area contributed by atoms with E-state index < -0.39 is 0 Å². The second kappa shape index (κ2) is 6.86. The molecule has 1 aliphatic rings. The van der Waals surface area contributed by atoms with Crippen LogP contribution in [0.2, 0.25) is 0 Å². The third-order valence-electron chi connectivity index (χ3n) is 4.45. The Morgan fingerprint density at radius 1 is 1.22 bits per heavy atom. The van der Waals surface area contributed by atoms with Crippen molar-refractivity contribution in [1.29, 1.82) is 0 Å². The molecule has 1 fully saturated rings. The van der Waals surface area contributed by atoms with Crippen LogP contribution < -0.4 is 15.4 Å². The summed E-state index contributed by atoms with van der Waals surface area (Å²) < 4.78 is 6.95. The normalized spacial score (nSPS) is 13.8. The molecule has 0 radical (unpaired) electrons. The lowest BCUT2D eigenvalue weighted by atomic mass is 10.2. The first-order valence-electron chi connectivity index (χ1n) is 9.00. The van der Waals surface area contributed by atoms with Gasteiger partial charge in [-0.05, 0) is 18.9 Å². The molecular weight excluding hydrogens is 344 g/mol. The smallest absolute Gasteiger partial charge is 0.249 e. The fourth-order valence-electron chi connectivity index (χ4n) is 2.82. The number of ether oxygens (including phenoxy) is 1. The van der Waals surface area contributed by atoms with Gasteiger partial charge < -0.3 is 15.4 Å². The van der Waals surface area contributed by atoms with Crippen LogP contribution in [0.4, 0.5) is 17.3 Å². The monoisotopic (exact) mass is 366 g/mol. The molecule has 0 saturated heterocycles. The first kappa shape index (κ1) is 17.3. The second-order valence-corrected chi connectivity index (χ2v) is 6.99. The van der Waals surface area contributed by atoms with E-state index in [1.54, 1.807) is 13.3 Å². The van der Waals surface area contributed by atoms with Gasteiger partial charge in [0, 0.05) is 29.5 Å². The Balaban J connectivity index is 1.66. The van der Waals surface area contributed by atoms with Crippen molar-refractivity contribution in [3.63, 3.8) is 0 Å². The SMILES string of the molecule is COc1cc2c(cnn2C(=O)C(C)C)cc1Nc1cc(NC2CC2)ncn1. The molecule has 2 aromatic heterocycles.